The molecule has 0 aliphatic heterocycles. The quantitative estimate of drug-likeness (QED) is 0.354. The third-order valence-electron chi connectivity index (χ3n) is 4.40. The van der Waals surface area contributed by atoms with Crippen molar-refractivity contribution in [3.63, 3.8) is 0 Å². The van der Waals surface area contributed by atoms with Gasteiger partial charge in [0.25, 0.3) is 0 Å². The van der Waals surface area contributed by atoms with Crippen molar-refractivity contribution in [2.24, 2.45) is 7.05 Å². The van der Waals surface area contributed by atoms with Crippen molar-refractivity contribution in [2.75, 3.05) is 7.11 Å². The van der Waals surface area contributed by atoms with Gasteiger partial charge in [-0.3, -0.25) is 0 Å². The highest BCUT2D eigenvalue weighted by Gasteiger charge is 2.12. The van der Waals surface area contributed by atoms with Crippen LogP contribution in [0.1, 0.15) is 16.3 Å². The second-order valence-corrected chi connectivity index (χ2v) is 8.74. The van der Waals surface area contributed by atoms with Gasteiger partial charge < -0.3 is 9.30 Å². The number of ether oxygens (including phenoxy) is 1. The molecule has 2 heterocycles. The van der Waals surface area contributed by atoms with Crippen LogP contribution in [0, 0.1) is 0 Å². The van der Waals surface area contributed by atoms with Gasteiger partial charge in [-0.1, -0.05) is 35.5 Å². The largest absolute Gasteiger partial charge is 0.497 e. The monoisotopic (exact) mass is 442 g/mol. The van der Waals surface area contributed by atoms with Crippen LogP contribution in [0.4, 0.5) is 0 Å². The number of halogens is 1. The molecule has 148 valence electrons. The molecule has 0 amide bonds. The smallest absolute Gasteiger partial charge is 0.191 e. The molecule has 4 rings (SSSR count). The molecule has 0 aliphatic carbocycles. The Kier molecular flexibility index (Phi) is 6.18. The molecule has 8 heteroatoms. The Bertz CT molecular complexity index is 1090. The fraction of sp³-hybridized carbons (Fsp3) is 0.190. The summed E-state index contributed by atoms with van der Waals surface area (Å²) in [5.41, 5.74) is 3.27. The van der Waals surface area contributed by atoms with Gasteiger partial charge in [0.1, 0.15) is 5.75 Å². The predicted octanol–water partition coefficient (Wildman–Crippen LogP) is 5.48. The molecular formula is C21H19ClN4OS2. The van der Waals surface area contributed by atoms with E-state index in [2.05, 4.69) is 15.6 Å². The molecule has 2 aromatic heterocycles. The van der Waals surface area contributed by atoms with Crippen molar-refractivity contribution < 1.29 is 4.74 Å². The number of rotatable bonds is 7. The van der Waals surface area contributed by atoms with Crippen LogP contribution in [0.3, 0.4) is 0 Å². The van der Waals surface area contributed by atoms with Crippen LogP contribution < -0.4 is 4.74 Å². The second-order valence-electron chi connectivity index (χ2n) is 6.42. The molecule has 0 atom stereocenters. The molecule has 0 spiro atoms. The first kappa shape index (κ1) is 19.9. The van der Waals surface area contributed by atoms with Gasteiger partial charge in [-0.05, 0) is 42.0 Å². The molecule has 5 nitrogen and oxygen atoms in total. The summed E-state index contributed by atoms with van der Waals surface area (Å²) in [6.45, 7) is 0. The molecule has 0 fully saturated rings. The van der Waals surface area contributed by atoms with E-state index in [0.29, 0.717) is 0 Å². The number of thioether (sulfide) groups is 1. The summed E-state index contributed by atoms with van der Waals surface area (Å²) in [6.07, 6.45) is 0.818. The number of benzene rings is 2. The lowest BCUT2D eigenvalue weighted by atomic mass is 10.2. The fourth-order valence-electron chi connectivity index (χ4n) is 2.84. The van der Waals surface area contributed by atoms with Crippen LogP contribution in [-0.4, -0.2) is 26.9 Å². The molecule has 2 aromatic carbocycles. The molecular weight excluding hydrogens is 424 g/mol. The number of hydrogen-bond acceptors (Lipinski definition) is 6. The Morgan fingerprint density at radius 3 is 2.55 bits per heavy atom. The van der Waals surface area contributed by atoms with Crippen LogP contribution >= 0.6 is 34.7 Å². The van der Waals surface area contributed by atoms with Crippen LogP contribution in [0.25, 0.3) is 11.4 Å². The predicted molar refractivity (Wildman–Crippen MR) is 119 cm³/mol. The maximum Gasteiger partial charge on any atom is 0.191 e. The number of hydrogen-bond donors (Lipinski definition) is 0. The van der Waals surface area contributed by atoms with E-state index in [4.69, 9.17) is 21.3 Å². The van der Waals surface area contributed by atoms with E-state index in [1.165, 1.54) is 5.56 Å². The number of methoxy groups -OCH3 is 1. The Balaban J connectivity index is 1.40. The van der Waals surface area contributed by atoms with Crippen molar-refractivity contribution in [1.29, 1.82) is 0 Å². The van der Waals surface area contributed by atoms with E-state index in [1.807, 2.05) is 60.1 Å². The normalized spacial score (nSPS) is 11.0. The van der Waals surface area contributed by atoms with E-state index in [-0.39, 0.29) is 0 Å². The highest BCUT2D eigenvalue weighted by molar-refractivity contribution is 7.98. The topological polar surface area (TPSA) is 52.8 Å². The zero-order valence-electron chi connectivity index (χ0n) is 16.0. The summed E-state index contributed by atoms with van der Waals surface area (Å²) >= 11 is 9.27. The zero-order valence-corrected chi connectivity index (χ0v) is 18.4. The van der Waals surface area contributed by atoms with Gasteiger partial charge in [-0.25, -0.2) is 4.98 Å². The van der Waals surface area contributed by atoms with E-state index in [9.17, 15) is 0 Å². The van der Waals surface area contributed by atoms with Crippen LogP contribution in [0.5, 0.6) is 5.75 Å². The van der Waals surface area contributed by atoms with Gasteiger partial charge >= 0.3 is 0 Å². The highest BCUT2D eigenvalue weighted by atomic mass is 35.5. The molecule has 0 saturated heterocycles. The third kappa shape index (κ3) is 4.80. The van der Waals surface area contributed by atoms with Crippen LogP contribution in [-0.2, 0) is 19.2 Å². The van der Waals surface area contributed by atoms with E-state index >= 15 is 0 Å². The summed E-state index contributed by atoms with van der Waals surface area (Å²) in [5, 5.41) is 13.5. The summed E-state index contributed by atoms with van der Waals surface area (Å²) < 4.78 is 7.22. The van der Waals surface area contributed by atoms with Gasteiger partial charge in [-0.2, -0.15) is 0 Å². The summed E-state index contributed by atoms with van der Waals surface area (Å²) in [5.74, 6) is 2.41. The molecule has 0 N–H and O–H groups in total. The summed E-state index contributed by atoms with van der Waals surface area (Å²) in [4.78, 5) is 4.75. The molecule has 0 radical (unpaired) electrons. The van der Waals surface area contributed by atoms with E-state index in [1.54, 1.807) is 30.2 Å². The molecule has 0 aliphatic rings. The first-order valence-corrected chi connectivity index (χ1v) is 11.2. The third-order valence-corrected chi connectivity index (χ3v) is 6.60. The Labute approximate surface area is 182 Å². The SMILES string of the molecule is COc1ccc(-c2nnc(SCc3csc(Cc4ccc(Cl)cc4)n3)n2C)cc1. The standard InChI is InChI=1S/C21H19ClN4OS2/c1-26-20(15-5-9-18(27-2)10-6-15)24-25-21(26)29-13-17-12-28-19(23-17)11-14-3-7-16(22)8-4-14/h3-10,12H,11,13H2,1-2H3. The van der Waals surface area contributed by atoms with Crippen molar-refractivity contribution in [3.05, 3.63) is 75.2 Å². The zero-order chi connectivity index (χ0) is 20.2. The van der Waals surface area contributed by atoms with Crippen molar-refractivity contribution >= 4 is 34.7 Å². The molecule has 4 aromatic rings. The lowest BCUT2D eigenvalue weighted by molar-refractivity contribution is 0.415. The van der Waals surface area contributed by atoms with Gasteiger partial charge in [-0.15, -0.1) is 21.5 Å². The lowest BCUT2D eigenvalue weighted by Crippen LogP contribution is -1.95. The average Bonchev–Trinajstić information content (AvgIpc) is 3.34. The Morgan fingerprint density at radius 2 is 1.83 bits per heavy atom. The van der Waals surface area contributed by atoms with Crippen molar-refractivity contribution in [2.45, 2.75) is 17.3 Å². The van der Waals surface area contributed by atoms with E-state index in [0.717, 1.165) is 50.2 Å². The van der Waals surface area contributed by atoms with Gasteiger partial charge in [0.2, 0.25) is 0 Å². The van der Waals surface area contributed by atoms with Gasteiger partial charge in [0.05, 0.1) is 17.8 Å². The summed E-state index contributed by atoms with van der Waals surface area (Å²) in [7, 11) is 3.64. The minimum absolute atomic E-state index is 0.752. The molecule has 0 saturated carbocycles. The second kappa shape index (κ2) is 8.98. The number of thiazole rings is 1. The van der Waals surface area contributed by atoms with Gasteiger partial charge in [0, 0.05) is 35.2 Å². The Morgan fingerprint density at radius 1 is 1.07 bits per heavy atom. The number of nitrogens with zero attached hydrogens (tertiary/aromatic N) is 4. The average molecular weight is 443 g/mol. The number of aromatic nitrogens is 4. The lowest BCUT2D eigenvalue weighted by Gasteiger charge is -2.04. The van der Waals surface area contributed by atoms with Crippen LogP contribution in [0.2, 0.25) is 5.02 Å². The highest BCUT2D eigenvalue weighted by Crippen LogP contribution is 2.27. The Hall–Kier alpha value is -2.35. The maximum absolute atomic E-state index is 5.95. The fourth-order valence-corrected chi connectivity index (χ4v) is 4.71. The maximum atomic E-state index is 5.95. The summed E-state index contributed by atoms with van der Waals surface area (Å²) in [6, 6.07) is 15.7. The first-order valence-electron chi connectivity index (χ1n) is 8.96. The molecule has 0 bridgehead atoms. The minimum atomic E-state index is 0.752. The van der Waals surface area contributed by atoms with Crippen molar-refractivity contribution in [3.8, 4) is 17.1 Å². The van der Waals surface area contributed by atoms with Crippen LogP contribution in [0.15, 0.2) is 59.1 Å². The molecule has 29 heavy (non-hydrogen) atoms. The van der Waals surface area contributed by atoms with Crippen molar-refractivity contribution in [1.82, 2.24) is 19.7 Å². The molecule has 0 unspecified atom stereocenters. The van der Waals surface area contributed by atoms with Gasteiger partial charge in [0.15, 0.2) is 11.0 Å². The first-order chi connectivity index (χ1) is 14.1. The van der Waals surface area contributed by atoms with E-state index < -0.39 is 0 Å². The minimum Gasteiger partial charge on any atom is -0.497 e.